The Morgan fingerprint density at radius 3 is 2.26 bits per heavy atom. The zero-order valence-corrected chi connectivity index (χ0v) is 14.8. The summed E-state index contributed by atoms with van der Waals surface area (Å²) in [6, 6.07) is 14.1. The molecule has 3 unspecified atom stereocenters. The van der Waals surface area contributed by atoms with Crippen LogP contribution in [0.25, 0.3) is 21.8 Å². The second-order valence-electron chi connectivity index (χ2n) is 7.48. The summed E-state index contributed by atoms with van der Waals surface area (Å²) in [5.41, 5.74) is 2.94. The van der Waals surface area contributed by atoms with Gasteiger partial charge in [-0.25, -0.2) is 4.90 Å². The minimum atomic E-state index is -0.375. The van der Waals surface area contributed by atoms with Crippen LogP contribution < -0.4 is 4.90 Å². The molecule has 2 saturated heterocycles. The summed E-state index contributed by atoms with van der Waals surface area (Å²) in [7, 11) is 0. The molecule has 3 aromatic rings. The van der Waals surface area contributed by atoms with Gasteiger partial charge in [-0.05, 0) is 31.2 Å². The van der Waals surface area contributed by atoms with Gasteiger partial charge in [-0.3, -0.25) is 9.59 Å². The summed E-state index contributed by atoms with van der Waals surface area (Å²) >= 11 is 0. The van der Waals surface area contributed by atoms with Crippen molar-refractivity contribution in [3.05, 3.63) is 54.6 Å². The lowest BCUT2D eigenvalue weighted by molar-refractivity contribution is -0.124. The van der Waals surface area contributed by atoms with Crippen LogP contribution in [0.3, 0.4) is 0 Å². The van der Waals surface area contributed by atoms with E-state index in [2.05, 4.69) is 23.6 Å². The second kappa shape index (κ2) is 5.08. The van der Waals surface area contributed by atoms with Gasteiger partial charge in [0.05, 0.1) is 29.7 Å². The van der Waals surface area contributed by atoms with Crippen LogP contribution in [0.15, 0.2) is 54.6 Å². The van der Waals surface area contributed by atoms with Gasteiger partial charge in [-0.1, -0.05) is 30.4 Å². The largest absolute Gasteiger partial charge is 0.365 e. The third-order valence-corrected chi connectivity index (χ3v) is 6.24. The third kappa shape index (κ3) is 1.77. The first-order valence-electron chi connectivity index (χ1n) is 9.41. The molecule has 0 N–H and O–H groups in total. The average Bonchev–Trinajstić information content (AvgIpc) is 3.43. The van der Waals surface area contributed by atoms with Gasteiger partial charge >= 0.3 is 0 Å². The molecule has 2 aromatic carbocycles. The highest BCUT2D eigenvalue weighted by Gasteiger charge is 2.61. The quantitative estimate of drug-likeness (QED) is 0.522. The van der Waals surface area contributed by atoms with E-state index in [1.54, 1.807) is 0 Å². The van der Waals surface area contributed by atoms with Crippen LogP contribution in [-0.4, -0.2) is 28.6 Å². The summed E-state index contributed by atoms with van der Waals surface area (Å²) in [4.78, 5) is 27.4. The van der Waals surface area contributed by atoms with E-state index < -0.39 is 0 Å². The summed E-state index contributed by atoms with van der Waals surface area (Å²) in [5.74, 6) is -1.03. The maximum atomic E-state index is 13.0. The molecule has 0 aliphatic carbocycles. The lowest BCUT2D eigenvalue weighted by atomic mass is 9.85. The number of rotatable bonds is 2. The Morgan fingerprint density at radius 2 is 1.56 bits per heavy atom. The SMILES string of the molecule is CCn1c2ccccc2c2cc(N3C(=O)C4C5C=CC(O5)[C@H]4C3=O)ccc21. The number of amides is 2. The first-order chi connectivity index (χ1) is 13.2. The van der Waals surface area contributed by atoms with E-state index in [1.807, 2.05) is 42.5 Å². The molecule has 3 aliphatic rings. The molecule has 1 aromatic heterocycles. The van der Waals surface area contributed by atoms with Gasteiger partial charge in [0.2, 0.25) is 11.8 Å². The highest BCUT2D eigenvalue weighted by atomic mass is 16.5. The van der Waals surface area contributed by atoms with Gasteiger partial charge < -0.3 is 9.30 Å². The molecule has 0 saturated carbocycles. The molecule has 27 heavy (non-hydrogen) atoms. The lowest BCUT2D eigenvalue weighted by Gasteiger charge is -2.18. The smallest absolute Gasteiger partial charge is 0.240 e. The lowest BCUT2D eigenvalue weighted by Crippen LogP contribution is -2.34. The second-order valence-corrected chi connectivity index (χ2v) is 7.48. The summed E-state index contributed by atoms with van der Waals surface area (Å²) in [6.45, 7) is 2.98. The topological polar surface area (TPSA) is 51.5 Å². The summed E-state index contributed by atoms with van der Waals surface area (Å²) in [5, 5.41) is 2.21. The van der Waals surface area contributed by atoms with Crippen molar-refractivity contribution >= 4 is 39.3 Å². The average molecular weight is 358 g/mol. The zero-order valence-electron chi connectivity index (χ0n) is 14.8. The molecule has 0 radical (unpaired) electrons. The van der Waals surface area contributed by atoms with Crippen molar-refractivity contribution in [3.8, 4) is 0 Å². The monoisotopic (exact) mass is 358 g/mol. The molecular weight excluding hydrogens is 340 g/mol. The normalized spacial score (nSPS) is 28.9. The van der Waals surface area contributed by atoms with Crippen LogP contribution >= 0.6 is 0 Å². The minimum Gasteiger partial charge on any atom is -0.365 e. The fourth-order valence-corrected chi connectivity index (χ4v) is 5.08. The Bertz CT molecular complexity index is 1140. The van der Waals surface area contributed by atoms with E-state index in [4.69, 9.17) is 4.74 Å². The summed E-state index contributed by atoms with van der Waals surface area (Å²) in [6.07, 6.45) is 3.32. The molecule has 2 fully saturated rings. The first kappa shape index (κ1) is 15.2. The van der Waals surface area contributed by atoms with Crippen molar-refractivity contribution in [2.24, 2.45) is 11.8 Å². The maximum Gasteiger partial charge on any atom is 0.240 e. The number of fused-ring (bicyclic) bond motifs is 8. The van der Waals surface area contributed by atoms with Crippen molar-refractivity contribution in [2.45, 2.75) is 25.7 Å². The van der Waals surface area contributed by atoms with Gasteiger partial charge in [0.1, 0.15) is 0 Å². The van der Waals surface area contributed by atoms with Crippen molar-refractivity contribution in [3.63, 3.8) is 0 Å². The molecule has 5 heteroatoms. The number of carbonyl (C=O) groups is 2. The molecule has 6 rings (SSSR count). The van der Waals surface area contributed by atoms with Gasteiger partial charge in [0.15, 0.2) is 0 Å². The van der Waals surface area contributed by atoms with Gasteiger partial charge in [0, 0.05) is 28.4 Å². The van der Waals surface area contributed by atoms with Gasteiger partial charge in [-0.2, -0.15) is 0 Å². The fourth-order valence-electron chi connectivity index (χ4n) is 5.08. The standard InChI is InChI=1S/C22H18N2O3/c1-2-23-15-6-4-3-5-13(15)14-11-12(7-8-16(14)23)24-21(25)19-17-9-10-18(27-17)20(19)22(24)26/h3-11,17-20H,2H2,1H3/t17?,18?,19-,20?/m1/s1. The highest BCUT2D eigenvalue weighted by Crippen LogP contribution is 2.46. The summed E-state index contributed by atoms with van der Waals surface area (Å²) < 4.78 is 7.99. The van der Waals surface area contributed by atoms with Crippen molar-refractivity contribution in [1.82, 2.24) is 4.57 Å². The molecule has 2 amide bonds. The number of anilines is 1. The zero-order chi connectivity index (χ0) is 18.3. The number of carbonyl (C=O) groups excluding carboxylic acids is 2. The minimum absolute atomic E-state index is 0.138. The Hall–Kier alpha value is -2.92. The van der Waals surface area contributed by atoms with E-state index in [0.29, 0.717) is 5.69 Å². The molecule has 5 nitrogen and oxygen atoms in total. The third-order valence-electron chi connectivity index (χ3n) is 6.24. The molecular formula is C22H18N2O3. The molecule has 2 bridgehead atoms. The van der Waals surface area contributed by atoms with Crippen molar-refractivity contribution < 1.29 is 14.3 Å². The van der Waals surface area contributed by atoms with Crippen LogP contribution in [-0.2, 0) is 20.9 Å². The molecule has 134 valence electrons. The predicted molar refractivity (Wildman–Crippen MR) is 102 cm³/mol. The number of aryl methyl sites for hydroxylation is 1. The number of para-hydroxylation sites is 1. The molecule has 3 aliphatic heterocycles. The number of nitrogens with zero attached hydrogens (tertiary/aromatic N) is 2. The molecule has 0 spiro atoms. The first-order valence-corrected chi connectivity index (χ1v) is 9.41. The predicted octanol–water partition coefficient (Wildman–Crippen LogP) is 3.26. The maximum absolute atomic E-state index is 13.0. The van der Waals surface area contributed by atoms with Crippen LogP contribution in [0.1, 0.15) is 6.92 Å². The van der Waals surface area contributed by atoms with E-state index in [0.717, 1.165) is 22.8 Å². The van der Waals surface area contributed by atoms with Crippen molar-refractivity contribution in [1.29, 1.82) is 0 Å². The number of imide groups is 1. The Labute approximate surface area is 155 Å². The molecule has 4 atom stereocenters. The number of aromatic nitrogens is 1. The van der Waals surface area contributed by atoms with E-state index in [-0.39, 0.29) is 35.9 Å². The number of ether oxygens (including phenoxy) is 1. The van der Waals surface area contributed by atoms with E-state index in [9.17, 15) is 9.59 Å². The van der Waals surface area contributed by atoms with E-state index >= 15 is 0 Å². The molecule has 4 heterocycles. The van der Waals surface area contributed by atoms with Gasteiger partial charge in [-0.15, -0.1) is 0 Å². The number of hydrogen-bond acceptors (Lipinski definition) is 3. The van der Waals surface area contributed by atoms with Crippen molar-refractivity contribution in [2.75, 3.05) is 4.90 Å². The Balaban J connectivity index is 1.52. The Morgan fingerprint density at radius 1 is 0.889 bits per heavy atom. The van der Waals surface area contributed by atoms with Crippen LogP contribution in [0.5, 0.6) is 0 Å². The highest BCUT2D eigenvalue weighted by molar-refractivity contribution is 6.24. The number of hydrogen-bond donors (Lipinski definition) is 0. The number of benzene rings is 2. The van der Waals surface area contributed by atoms with Crippen LogP contribution in [0.4, 0.5) is 5.69 Å². The van der Waals surface area contributed by atoms with Crippen LogP contribution in [0.2, 0.25) is 0 Å². The fraction of sp³-hybridized carbons (Fsp3) is 0.273. The van der Waals surface area contributed by atoms with E-state index in [1.165, 1.54) is 10.4 Å². The van der Waals surface area contributed by atoms with Crippen LogP contribution in [0, 0.1) is 11.8 Å². The Kier molecular flexibility index (Phi) is 2.85. The van der Waals surface area contributed by atoms with Gasteiger partial charge in [0.25, 0.3) is 0 Å².